The van der Waals surface area contributed by atoms with Gasteiger partial charge < -0.3 is 9.84 Å². The van der Waals surface area contributed by atoms with E-state index in [1.165, 1.54) is 37.7 Å². The molecular weight excluding hydrogens is 248 g/mol. The Morgan fingerprint density at radius 3 is 2.85 bits per heavy atom. The van der Waals surface area contributed by atoms with E-state index in [1.807, 2.05) is 0 Å². The number of aliphatic hydroxyl groups is 1. The highest BCUT2D eigenvalue weighted by Gasteiger charge is 2.26. The largest absolute Gasteiger partial charge is 0.490 e. The first-order chi connectivity index (χ1) is 9.78. The van der Waals surface area contributed by atoms with Crippen LogP contribution in [0.4, 0.5) is 0 Å². The highest BCUT2D eigenvalue weighted by molar-refractivity contribution is 5.38. The van der Waals surface area contributed by atoms with Gasteiger partial charge >= 0.3 is 0 Å². The summed E-state index contributed by atoms with van der Waals surface area (Å²) in [5.41, 5.74) is 2.39. The molecule has 1 aromatic rings. The van der Waals surface area contributed by atoms with Crippen LogP contribution in [-0.2, 0) is 6.42 Å². The molecule has 3 unspecified atom stereocenters. The zero-order chi connectivity index (χ0) is 13.9. The number of hydrogen-bond acceptors (Lipinski definition) is 2. The second-order valence-corrected chi connectivity index (χ2v) is 6.38. The lowest BCUT2D eigenvalue weighted by atomic mass is 9.84. The van der Waals surface area contributed by atoms with Crippen molar-refractivity contribution in [1.82, 2.24) is 0 Å². The van der Waals surface area contributed by atoms with Crippen LogP contribution in [0.5, 0.6) is 5.75 Å². The Labute approximate surface area is 122 Å². The molecule has 0 saturated heterocycles. The van der Waals surface area contributed by atoms with Crippen LogP contribution in [0.2, 0.25) is 0 Å². The molecule has 1 saturated carbocycles. The van der Waals surface area contributed by atoms with Crippen molar-refractivity contribution in [2.75, 3.05) is 0 Å². The first-order valence-corrected chi connectivity index (χ1v) is 8.25. The Morgan fingerprint density at radius 1 is 1.15 bits per heavy atom. The summed E-state index contributed by atoms with van der Waals surface area (Å²) >= 11 is 0. The van der Waals surface area contributed by atoms with Gasteiger partial charge in [0, 0.05) is 0 Å². The molecule has 20 heavy (non-hydrogen) atoms. The van der Waals surface area contributed by atoms with Crippen LogP contribution < -0.4 is 4.74 Å². The van der Waals surface area contributed by atoms with Gasteiger partial charge in [0.25, 0.3) is 0 Å². The van der Waals surface area contributed by atoms with Gasteiger partial charge in [-0.3, -0.25) is 0 Å². The van der Waals surface area contributed by atoms with Gasteiger partial charge in [0.15, 0.2) is 0 Å². The van der Waals surface area contributed by atoms with E-state index in [4.69, 9.17) is 4.74 Å². The quantitative estimate of drug-likeness (QED) is 0.885. The van der Waals surface area contributed by atoms with Gasteiger partial charge in [0.2, 0.25) is 0 Å². The van der Waals surface area contributed by atoms with Crippen LogP contribution >= 0.6 is 0 Å². The van der Waals surface area contributed by atoms with Crippen molar-refractivity contribution < 1.29 is 9.84 Å². The maximum absolute atomic E-state index is 10.1. The van der Waals surface area contributed by atoms with Gasteiger partial charge in [-0.1, -0.05) is 19.4 Å². The Hall–Kier alpha value is -1.02. The van der Waals surface area contributed by atoms with E-state index >= 15 is 0 Å². The normalized spacial score (nSPS) is 29.8. The summed E-state index contributed by atoms with van der Waals surface area (Å²) in [6, 6.07) is 6.33. The smallest absolute Gasteiger partial charge is 0.120 e. The summed E-state index contributed by atoms with van der Waals surface area (Å²) in [6.07, 6.45) is 9.46. The molecule has 2 heteroatoms. The predicted octanol–water partition coefficient (Wildman–Crippen LogP) is 4.40. The molecule has 0 aromatic heterocycles. The van der Waals surface area contributed by atoms with Crippen molar-refractivity contribution in [1.29, 1.82) is 0 Å². The van der Waals surface area contributed by atoms with E-state index < -0.39 is 0 Å². The molecule has 0 heterocycles. The molecule has 3 atom stereocenters. The summed E-state index contributed by atoms with van der Waals surface area (Å²) in [7, 11) is 0. The molecule has 1 fully saturated rings. The molecule has 110 valence electrons. The number of aryl methyl sites for hydroxylation is 1. The molecule has 0 spiro atoms. The molecule has 0 radical (unpaired) electrons. The highest BCUT2D eigenvalue weighted by atomic mass is 16.5. The maximum Gasteiger partial charge on any atom is 0.120 e. The van der Waals surface area contributed by atoms with Crippen molar-refractivity contribution in [2.45, 2.75) is 70.5 Å². The molecule has 0 amide bonds. The lowest BCUT2D eigenvalue weighted by molar-refractivity contribution is 0.0895. The van der Waals surface area contributed by atoms with Gasteiger partial charge in [-0.15, -0.1) is 0 Å². The van der Waals surface area contributed by atoms with Gasteiger partial charge in [0.05, 0.1) is 6.10 Å². The second kappa shape index (κ2) is 6.17. The molecule has 0 aliphatic heterocycles. The fraction of sp³-hybridized carbons (Fsp3) is 0.667. The molecule has 0 bridgehead atoms. The standard InChI is InChI=1S/C18H26O2/c1-2-13-6-3-4-9-18(13)20-15-11-10-14-7-5-8-17(19)16(14)12-15/h10-13,17-19H,2-9H2,1H3. The van der Waals surface area contributed by atoms with Crippen molar-refractivity contribution in [3.05, 3.63) is 29.3 Å². The fourth-order valence-corrected chi connectivity index (χ4v) is 3.80. The number of aliphatic hydroxyl groups excluding tert-OH is 1. The summed E-state index contributed by atoms with van der Waals surface area (Å²) in [5.74, 6) is 1.65. The van der Waals surface area contributed by atoms with Gasteiger partial charge in [-0.2, -0.15) is 0 Å². The van der Waals surface area contributed by atoms with E-state index in [-0.39, 0.29) is 6.10 Å². The minimum absolute atomic E-state index is 0.296. The Bertz CT molecular complexity index is 455. The molecule has 1 N–H and O–H groups in total. The monoisotopic (exact) mass is 274 g/mol. The van der Waals surface area contributed by atoms with Crippen molar-refractivity contribution in [3.8, 4) is 5.75 Å². The summed E-state index contributed by atoms with van der Waals surface area (Å²) in [4.78, 5) is 0. The van der Waals surface area contributed by atoms with E-state index in [0.717, 1.165) is 30.6 Å². The lowest BCUT2D eigenvalue weighted by Gasteiger charge is -2.32. The first-order valence-electron chi connectivity index (χ1n) is 8.25. The van der Waals surface area contributed by atoms with Crippen LogP contribution in [0.1, 0.15) is 69.1 Å². The van der Waals surface area contributed by atoms with Crippen LogP contribution in [-0.4, -0.2) is 11.2 Å². The zero-order valence-electron chi connectivity index (χ0n) is 12.5. The second-order valence-electron chi connectivity index (χ2n) is 6.38. The molecular formula is C18H26O2. The van der Waals surface area contributed by atoms with Crippen molar-refractivity contribution >= 4 is 0 Å². The van der Waals surface area contributed by atoms with Crippen LogP contribution in [0.15, 0.2) is 18.2 Å². The van der Waals surface area contributed by atoms with Gasteiger partial charge in [-0.25, -0.2) is 0 Å². The summed E-state index contributed by atoms with van der Waals surface area (Å²) < 4.78 is 6.26. The molecule has 2 aliphatic rings. The topological polar surface area (TPSA) is 29.5 Å². The first kappa shape index (κ1) is 13.9. The van der Waals surface area contributed by atoms with E-state index in [2.05, 4.69) is 25.1 Å². The number of ether oxygens (including phenoxy) is 1. The van der Waals surface area contributed by atoms with E-state index in [9.17, 15) is 5.11 Å². The average Bonchev–Trinajstić information content (AvgIpc) is 2.49. The Balaban J connectivity index is 1.75. The number of rotatable bonds is 3. The van der Waals surface area contributed by atoms with Gasteiger partial charge in [-0.05, 0) is 74.1 Å². The average molecular weight is 274 g/mol. The summed E-state index contributed by atoms with van der Waals surface area (Å²) in [5, 5.41) is 10.1. The van der Waals surface area contributed by atoms with Crippen LogP contribution in [0.3, 0.4) is 0 Å². The fourth-order valence-electron chi connectivity index (χ4n) is 3.80. The molecule has 1 aromatic carbocycles. The minimum atomic E-state index is -0.296. The molecule has 2 nitrogen and oxygen atoms in total. The third-order valence-corrected chi connectivity index (χ3v) is 5.05. The van der Waals surface area contributed by atoms with Crippen molar-refractivity contribution in [3.63, 3.8) is 0 Å². The van der Waals surface area contributed by atoms with Crippen LogP contribution in [0, 0.1) is 5.92 Å². The Kier molecular flexibility index (Phi) is 4.30. The highest BCUT2D eigenvalue weighted by Crippen LogP contribution is 2.35. The van der Waals surface area contributed by atoms with E-state index in [1.54, 1.807) is 0 Å². The number of benzene rings is 1. The number of hydrogen-bond donors (Lipinski definition) is 1. The molecule has 2 aliphatic carbocycles. The lowest BCUT2D eigenvalue weighted by Crippen LogP contribution is -2.30. The third-order valence-electron chi connectivity index (χ3n) is 5.05. The Morgan fingerprint density at radius 2 is 2.00 bits per heavy atom. The van der Waals surface area contributed by atoms with Crippen molar-refractivity contribution in [2.24, 2.45) is 5.92 Å². The minimum Gasteiger partial charge on any atom is -0.490 e. The van der Waals surface area contributed by atoms with E-state index in [0.29, 0.717) is 12.0 Å². The maximum atomic E-state index is 10.1. The van der Waals surface area contributed by atoms with Crippen LogP contribution in [0.25, 0.3) is 0 Å². The molecule has 3 rings (SSSR count). The number of fused-ring (bicyclic) bond motifs is 1. The van der Waals surface area contributed by atoms with Gasteiger partial charge in [0.1, 0.15) is 11.9 Å². The predicted molar refractivity (Wildman–Crippen MR) is 81.0 cm³/mol. The third kappa shape index (κ3) is 2.85. The SMILES string of the molecule is CCC1CCCCC1Oc1ccc2c(c1)C(O)CCC2. The zero-order valence-corrected chi connectivity index (χ0v) is 12.5. The summed E-state index contributed by atoms with van der Waals surface area (Å²) in [6.45, 7) is 2.27.